The standard InChI is InChI=1S/C11H24N4O3S.ClH/c1-2-6-14-19(17,18)15-8-3-4-10(9-15)11(16)13-7-5-12;/h10,14H,2-9,12H2,1H3,(H,13,16);1H. The van der Waals surface area contributed by atoms with Crippen molar-refractivity contribution < 1.29 is 13.2 Å². The van der Waals surface area contributed by atoms with E-state index in [2.05, 4.69) is 10.0 Å². The molecule has 1 saturated heterocycles. The molecule has 7 nitrogen and oxygen atoms in total. The van der Waals surface area contributed by atoms with E-state index in [1.165, 1.54) is 4.31 Å². The molecule has 1 amide bonds. The van der Waals surface area contributed by atoms with Crippen LogP contribution in [0.25, 0.3) is 0 Å². The largest absolute Gasteiger partial charge is 0.355 e. The van der Waals surface area contributed by atoms with Gasteiger partial charge >= 0.3 is 0 Å². The van der Waals surface area contributed by atoms with Gasteiger partial charge in [-0.2, -0.15) is 12.7 Å². The molecule has 0 aliphatic carbocycles. The van der Waals surface area contributed by atoms with Crippen LogP contribution in [0.5, 0.6) is 0 Å². The molecule has 1 aliphatic rings. The quantitative estimate of drug-likeness (QED) is 0.582. The molecule has 1 fully saturated rings. The van der Waals surface area contributed by atoms with E-state index in [0.29, 0.717) is 32.6 Å². The highest BCUT2D eigenvalue weighted by Crippen LogP contribution is 2.18. The Morgan fingerprint density at radius 3 is 2.70 bits per heavy atom. The maximum Gasteiger partial charge on any atom is 0.279 e. The summed E-state index contributed by atoms with van der Waals surface area (Å²) in [6.45, 7) is 3.86. The van der Waals surface area contributed by atoms with Gasteiger partial charge in [-0.25, -0.2) is 4.72 Å². The molecule has 0 aromatic rings. The second-order valence-corrected chi connectivity index (χ2v) is 6.43. The van der Waals surface area contributed by atoms with Gasteiger partial charge in [-0.05, 0) is 19.3 Å². The van der Waals surface area contributed by atoms with E-state index in [4.69, 9.17) is 5.73 Å². The first-order valence-electron chi connectivity index (χ1n) is 6.73. The molecule has 120 valence electrons. The number of hydrogen-bond acceptors (Lipinski definition) is 4. The van der Waals surface area contributed by atoms with E-state index in [0.717, 1.165) is 12.8 Å². The van der Waals surface area contributed by atoms with Crippen LogP contribution in [0.2, 0.25) is 0 Å². The van der Waals surface area contributed by atoms with Gasteiger partial charge in [0.25, 0.3) is 10.2 Å². The van der Waals surface area contributed by atoms with Crippen LogP contribution in [-0.2, 0) is 15.0 Å². The van der Waals surface area contributed by atoms with Crippen LogP contribution < -0.4 is 15.8 Å². The van der Waals surface area contributed by atoms with Gasteiger partial charge in [0.1, 0.15) is 0 Å². The number of rotatable bonds is 7. The molecule has 1 atom stereocenters. The third-order valence-electron chi connectivity index (χ3n) is 3.07. The molecule has 1 rings (SSSR count). The zero-order valence-electron chi connectivity index (χ0n) is 11.8. The number of amides is 1. The molecule has 1 unspecified atom stereocenters. The Labute approximate surface area is 127 Å². The van der Waals surface area contributed by atoms with Gasteiger partial charge in [-0.3, -0.25) is 4.79 Å². The van der Waals surface area contributed by atoms with Gasteiger partial charge in [-0.1, -0.05) is 6.92 Å². The minimum Gasteiger partial charge on any atom is -0.355 e. The molecule has 20 heavy (non-hydrogen) atoms. The summed E-state index contributed by atoms with van der Waals surface area (Å²) >= 11 is 0. The monoisotopic (exact) mass is 328 g/mol. The lowest BCUT2D eigenvalue weighted by Gasteiger charge is -2.31. The van der Waals surface area contributed by atoms with Crippen LogP contribution in [0.4, 0.5) is 0 Å². The van der Waals surface area contributed by atoms with Gasteiger partial charge in [0.15, 0.2) is 0 Å². The Hall–Kier alpha value is -0.410. The molecule has 4 N–H and O–H groups in total. The van der Waals surface area contributed by atoms with Crippen molar-refractivity contribution in [2.45, 2.75) is 26.2 Å². The van der Waals surface area contributed by atoms with Crippen LogP contribution in [0.1, 0.15) is 26.2 Å². The van der Waals surface area contributed by atoms with E-state index in [-0.39, 0.29) is 30.8 Å². The molecule has 0 aromatic heterocycles. The lowest BCUT2D eigenvalue weighted by molar-refractivity contribution is -0.126. The van der Waals surface area contributed by atoms with Crippen molar-refractivity contribution in [3.63, 3.8) is 0 Å². The molecule has 1 aliphatic heterocycles. The van der Waals surface area contributed by atoms with E-state index in [9.17, 15) is 13.2 Å². The average Bonchev–Trinajstić information content (AvgIpc) is 2.42. The molecule has 0 bridgehead atoms. The number of piperidine rings is 1. The number of nitrogens with zero attached hydrogens (tertiary/aromatic N) is 1. The second kappa shape index (κ2) is 9.51. The summed E-state index contributed by atoms with van der Waals surface area (Å²) < 4.78 is 27.9. The summed E-state index contributed by atoms with van der Waals surface area (Å²) in [6.07, 6.45) is 2.16. The van der Waals surface area contributed by atoms with Crippen LogP contribution in [0.3, 0.4) is 0 Å². The molecular weight excluding hydrogens is 304 g/mol. The Kier molecular flexibility index (Phi) is 9.32. The third kappa shape index (κ3) is 5.92. The third-order valence-corrected chi connectivity index (χ3v) is 4.65. The van der Waals surface area contributed by atoms with E-state index in [1.54, 1.807) is 0 Å². The minimum atomic E-state index is -3.45. The highest BCUT2D eigenvalue weighted by molar-refractivity contribution is 7.87. The molecule has 0 spiro atoms. The number of nitrogens with one attached hydrogen (secondary N) is 2. The highest BCUT2D eigenvalue weighted by Gasteiger charge is 2.31. The summed E-state index contributed by atoms with van der Waals surface area (Å²) in [5.41, 5.74) is 5.33. The fourth-order valence-corrected chi connectivity index (χ4v) is 3.43. The first kappa shape index (κ1) is 19.6. The predicted molar refractivity (Wildman–Crippen MR) is 80.8 cm³/mol. The van der Waals surface area contributed by atoms with Gasteiger partial charge in [0.05, 0.1) is 5.92 Å². The fourth-order valence-electron chi connectivity index (χ4n) is 2.04. The number of nitrogens with two attached hydrogens (primary N) is 1. The minimum absolute atomic E-state index is 0. The van der Waals surface area contributed by atoms with Crippen molar-refractivity contribution >= 4 is 28.5 Å². The second-order valence-electron chi connectivity index (χ2n) is 4.68. The topological polar surface area (TPSA) is 105 Å². The van der Waals surface area contributed by atoms with Crippen molar-refractivity contribution in [1.82, 2.24) is 14.3 Å². The lowest BCUT2D eigenvalue weighted by Crippen LogP contribution is -2.49. The summed E-state index contributed by atoms with van der Waals surface area (Å²) in [4.78, 5) is 11.8. The van der Waals surface area contributed by atoms with Crippen molar-refractivity contribution in [2.24, 2.45) is 11.7 Å². The predicted octanol–water partition coefficient (Wildman–Crippen LogP) is -0.560. The summed E-state index contributed by atoms with van der Waals surface area (Å²) in [6, 6.07) is 0. The van der Waals surface area contributed by atoms with Crippen LogP contribution in [0.15, 0.2) is 0 Å². The smallest absolute Gasteiger partial charge is 0.279 e. The van der Waals surface area contributed by atoms with Crippen LogP contribution in [0, 0.1) is 5.92 Å². The van der Waals surface area contributed by atoms with Gasteiger partial charge < -0.3 is 11.1 Å². The lowest BCUT2D eigenvalue weighted by atomic mass is 9.99. The van der Waals surface area contributed by atoms with Crippen LogP contribution >= 0.6 is 12.4 Å². The highest BCUT2D eigenvalue weighted by atomic mass is 35.5. The summed E-state index contributed by atoms with van der Waals surface area (Å²) in [5, 5.41) is 2.71. The van der Waals surface area contributed by atoms with Crippen molar-refractivity contribution in [1.29, 1.82) is 0 Å². The average molecular weight is 329 g/mol. The molecule has 0 radical (unpaired) electrons. The first-order chi connectivity index (χ1) is 9.01. The Morgan fingerprint density at radius 1 is 1.40 bits per heavy atom. The van der Waals surface area contributed by atoms with Crippen molar-refractivity contribution in [2.75, 3.05) is 32.7 Å². The summed E-state index contributed by atoms with van der Waals surface area (Å²) in [5.74, 6) is -0.389. The van der Waals surface area contributed by atoms with E-state index < -0.39 is 10.2 Å². The van der Waals surface area contributed by atoms with E-state index in [1.807, 2.05) is 6.92 Å². The van der Waals surface area contributed by atoms with Crippen LogP contribution in [-0.4, -0.2) is 51.4 Å². The van der Waals surface area contributed by atoms with E-state index >= 15 is 0 Å². The zero-order valence-corrected chi connectivity index (χ0v) is 13.4. The van der Waals surface area contributed by atoms with Crippen molar-refractivity contribution in [3.05, 3.63) is 0 Å². The zero-order chi connectivity index (χ0) is 14.3. The van der Waals surface area contributed by atoms with Gasteiger partial charge in [0, 0.05) is 32.7 Å². The summed E-state index contributed by atoms with van der Waals surface area (Å²) in [7, 11) is -3.45. The maximum atomic E-state index is 12.0. The Bertz CT molecular complexity index is 391. The van der Waals surface area contributed by atoms with Gasteiger partial charge in [0.2, 0.25) is 5.91 Å². The Morgan fingerprint density at radius 2 is 2.10 bits per heavy atom. The fraction of sp³-hybridized carbons (Fsp3) is 0.909. The number of halogens is 1. The van der Waals surface area contributed by atoms with Gasteiger partial charge in [-0.15, -0.1) is 12.4 Å². The number of carbonyl (C=O) groups is 1. The molecule has 1 heterocycles. The molecule has 0 saturated carbocycles. The molecule has 9 heteroatoms. The normalized spacial score (nSPS) is 20.2. The number of hydrogen-bond donors (Lipinski definition) is 3. The first-order valence-corrected chi connectivity index (χ1v) is 8.17. The van der Waals surface area contributed by atoms with Crippen molar-refractivity contribution in [3.8, 4) is 0 Å². The maximum absolute atomic E-state index is 12.0. The Balaban J connectivity index is 0.00000361. The molecular formula is C11H25ClN4O3S. The SMILES string of the molecule is CCCNS(=O)(=O)N1CCCC(C(=O)NCCN)C1.Cl. The molecule has 0 aromatic carbocycles. The number of carbonyl (C=O) groups excluding carboxylic acids is 1.